The number of rotatable bonds is 12. The van der Waals surface area contributed by atoms with Gasteiger partial charge < -0.3 is 20.1 Å². The van der Waals surface area contributed by atoms with Crippen LogP contribution in [0.5, 0.6) is 0 Å². The topological polar surface area (TPSA) is 61.4 Å². The SMILES string of the molecule is CN=C(NCCCOCCOC)NCCN1CCN(Cc2ccccc2)CC1. The highest BCUT2D eigenvalue weighted by molar-refractivity contribution is 5.79. The Labute approximate surface area is 170 Å². The fourth-order valence-electron chi connectivity index (χ4n) is 3.19. The molecule has 1 aliphatic rings. The van der Waals surface area contributed by atoms with Crippen LogP contribution in [0.2, 0.25) is 0 Å². The molecular formula is C21H37N5O2. The molecule has 1 aromatic carbocycles. The van der Waals surface area contributed by atoms with E-state index < -0.39 is 0 Å². The fourth-order valence-corrected chi connectivity index (χ4v) is 3.19. The largest absolute Gasteiger partial charge is 0.382 e. The number of piperazine rings is 1. The smallest absolute Gasteiger partial charge is 0.191 e. The van der Waals surface area contributed by atoms with Crippen molar-refractivity contribution in [2.24, 2.45) is 4.99 Å². The van der Waals surface area contributed by atoms with Gasteiger partial charge in [0.25, 0.3) is 0 Å². The maximum Gasteiger partial charge on any atom is 0.191 e. The summed E-state index contributed by atoms with van der Waals surface area (Å²) in [6.45, 7) is 10.4. The summed E-state index contributed by atoms with van der Waals surface area (Å²) < 4.78 is 10.4. The number of nitrogens with zero attached hydrogens (tertiary/aromatic N) is 3. The molecule has 28 heavy (non-hydrogen) atoms. The summed E-state index contributed by atoms with van der Waals surface area (Å²) in [5.74, 6) is 0.861. The lowest BCUT2D eigenvalue weighted by atomic mass is 10.2. The van der Waals surface area contributed by atoms with Crippen molar-refractivity contribution in [3.8, 4) is 0 Å². The van der Waals surface area contributed by atoms with Gasteiger partial charge in [0.15, 0.2) is 5.96 Å². The van der Waals surface area contributed by atoms with Crippen molar-refractivity contribution in [3.63, 3.8) is 0 Å². The van der Waals surface area contributed by atoms with Gasteiger partial charge >= 0.3 is 0 Å². The van der Waals surface area contributed by atoms with Gasteiger partial charge in [0, 0.05) is 73.1 Å². The van der Waals surface area contributed by atoms with Crippen LogP contribution in [0.1, 0.15) is 12.0 Å². The number of hydrogen-bond donors (Lipinski definition) is 2. The van der Waals surface area contributed by atoms with E-state index in [0.717, 1.165) is 71.3 Å². The van der Waals surface area contributed by atoms with E-state index in [9.17, 15) is 0 Å². The van der Waals surface area contributed by atoms with Crippen molar-refractivity contribution in [2.75, 3.05) is 79.8 Å². The molecule has 0 unspecified atom stereocenters. The molecule has 0 bridgehead atoms. The van der Waals surface area contributed by atoms with E-state index >= 15 is 0 Å². The standard InChI is InChI=1S/C21H37N5O2/c1-22-21(23-9-6-16-28-18-17-27-2)24-10-11-25-12-14-26(15-13-25)19-20-7-4-3-5-8-20/h3-5,7-8H,6,9-19H2,1-2H3,(H2,22,23,24). The molecule has 2 rings (SSSR count). The monoisotopic (exact) mass is 391 g/mol. The molecular weight excluding hydrogens is 354 g/mol. The molecule has 1 aromatic rings. The lowest BCUT2D eigenvalue weighted by Gasteiger charge is -2.34. The minimum Gasteiger partial charge on any atom is -0.382 e. The van der Waals surface area contributed by atoms with E-state index in [1.165, 1.54) is 5.56 Å². The molecule has 1 fully saturated rings. The second kappa shape index (κ2) is 14.3. The van der Waals surface area contributed by atoms with Gasteiger partial charge in [0.2, 0.25) is 0 Å². The first-order valence-electron chi connectivity index (χ1n) is 10.3. The summed E-state index contributed by atoms with van der Waals surface area (Å²) in [5.41, 5.74) is 1.40. The molecule has 0 amide bonds. The molecule has 0 spiro atoms. The molecule has 1 heterocycles. The molecule has 0 radical (unpaired) electrons. The molecule has 2 N–H and O–H groups in total. The highest BCUT2D eigenvalue weighted by atomic mass is 16.5. The Morgan fingerprint density at radius 2 is 1.68 bits per heavy atom. The first-order valence-corrected chi connectivity index (χ1v) is 10.3. The van der Waals surface area contributed by atoms with Gasteiger partial charge in [0.1, 0.15) is 0 Å². The van der Waals surface area contributed by atoms with Crippen LogP contribution in [-0.4, -0.2) is 95.6 Å². The van der Waals surface area contributed by atoms with Crippen LogP contribution in [-0.2, 0) is 16.0 Å². The number of benzene rings is 1. The number of nitrogens with one attached hydrogen (secondary N) is 2. The van der Waals surface area contributed by atoms with Crippen molar-refractivity contribution < 1.29 is 9.47 Å². The van der Waals surface area contributed by atoms with Crippen molar-refractivity contribution in [3.05, 3.63) is 35.9 Å². The van der Waals surface area contributed by atoms with Gasteiger partial charge in [-0.3, -0.25) is 14.8 Å². The molecule has 7 nitrogen and oxygen atoms in total. The predicted octanol–water partition coefficient (Wildman–Crippen LogP) is 1.02. The average molecular weight is 392 g/mol. The summed E-state index contributed by atoms with van der Waals surface area (Å²) in [6.07, 6.45) is 0.952. The highest BCUT2D eigenvalue weighted by Crippen LogP contribution is 2.07. The third kappa shape index (κ3) is 9.50. The van der Waals surface area contributed by atoms with Gasteiger partial charge in [-0.15, -0.1) is 0 Å². The Kier molecular flexibility index (Phi) is 11.6. The van der Waals surface area contributed by atoms with Crippen LogP contribution in [0.4, 0.5) is 0 Å². The summed E-state index contributed by atoms with van der Waals surface area (Å²) in [7, 11) is 3.50. The Morgan fingerprint density at radius 3 is 2.39 bits per heavy atom. The van der Waals surface area contributed by atoms with E-state index in [1.54, 1.807) is 7.11 Å². The summed E-state index contributed by atoms with van der Waals surface area (Å²) in [6, 6.07) is 10.7. The quantitative estimate of drug-likeness (QED) is 0.315. The summed E-state index contributed by atoms with van der Waals surface area (Å²) >= 11 is 0. The minimum absolute atomic E-state index is 0.650. The summed E-state index contributed by atoms with van der Waals surface area (Å²) in [4.78, 5) is 9.34. The molecule has 0 atom stereocenters. The zero-order chi connectivity index (χ0) is 19.9. The third-order valence-electron chi connectivity index (χ3n) is 4.85. The number of guanidine groups is 1. The molecule has 158 valence electrons. The first-order chi connectivity index (χ1) is 13.8. The maximum absolute atomic E-state index is 5.46. The number of hydrogen-bond acceptors (Lipinski definition) is 5. The molecule has 1 saturated heterocycles. The van der Waals surface area contributed by atoms with Crippen LogP contribution in [0.3, 0.4) is 0 Å². The second-order valence-electron chi connectivity index (χ2n) is 6.99. The third-order valence-corrected chi connectivity index (χ3v) is 4.85. The molecule has 0 aromatic heterocycles. The fraction of sp³-hybridized carbons (Fsp3) is 0.667. The van der Waals surface area contributed by atoms with Crippen LogP contribution in [0.15, 0.2) is 35.3 Å². The molecule has 1 aliphatic heterocycles. The van der Waals surface area contributed by atoms with Crippen molar-refractivity contribution in [2.45, 2.75) is 13.0 Å². The van der Waals surface area contributed by atoms with Gasteiger partial charge in [-0.2, -0.15) is 0 Å². The van der Waals surface area contributed by atoms with Gasteiger partial charge in [-0.25, -0.2) is 0 Å². The van der Waals surface area contributed by atoms with E-state index in [2.05, 4.69) is 55.8 Å². The predicted molar refractivity (Wildman–Crippen MR) is 115 cm³/mol. The zero-order valence-electron chi connectivity index (χ0n) is 17.5. The van der Waals surface area contributed by atoms with E-state index in [-0.39, 0.29) is 0 Å². The lowest BCUT2D eigenvalue weighted by Crippen LogP contribution is -2.49. The second-order valence-corrected chi connectivity index (χ2v) is 6.99. The van der Waals surface area contributed by atoms with Crippen LogP contribution < -0.4 is 10.6 Å². The number of aliphatic imine (C=N–C) groups is 1. The van der Waals surface area contributed by atoms with Gasteiger partial charge in [-0.05, 0) is 12.0 Å². The molecule has 0 aliphatic carbocycles. The lowest BCUT2D eigenvalue weighted by molar-refractivity contribution is 0.0698. The average Bonchev–Trinajstić information content (AvgIpc) is 2.74. The first kappa shape index (κ1) is 22.6. The Morgan fingerprint density at radius 1 is 0.964 bits per heavy atom. The van der Waals surface area contributed by atoms with Crippen molar-refractivity contribution >= 4 is 5.96 Å². The van der Waals surface area contributed by atoms with E-state index in [4.69, 9.17) is 9.47 Å². The number of methoxy groups -OCH3 is 1. The normalized spacial score (nSPS) is 16.3. The van der Waals surface area contributed by atoms with Crippen LogP contribution in [0, 0.1) is 0 Å². The van der Waals surface area contributed by atoms with E-state index in [1.807, 2.05) is 7.05 Å². The van der Waals surface area contributed by atoms with E-state index in [0.29, 0.717) is 13.2 Å². The van der Waals surface area contributed by atoms with Crippen LogP contribution in [0.25, 0.3) is 0 Å². The Hall–Kier alpha value is -1.67. The van der Waals surface area contributed by atoms with Crippen molar-refractivity contribution in [1.82, 2.24) is 20.4 Å². The summed E-state index contributed by atoms with van der Waals surface area (Å²) in [5, 5.41) is 6.74. The zero-order valence-corrected chi connectivity index (χ0v) is 17.5. The van der Waals surface area contributed by atoms with Gasteiger partial charge in [0.05, 0.1) is 13.2 Å². The minimum atomic E-state index is 0.650. The number of ether oxygens (including phenoxy) is 2. The highest BCUT2D eigenvalue weighted by Gasteiger charge is 2.16. The van der Waals surface area contributed by atoms with Crippen molar-refractivity contribution in [1.29, 1.82) is 0 Å². The van der Waals surface area contributed by atoms with Gasteiger partial charge in [-0.1, -0.05) is 30.3 Å². The molecule has 7 heteroatoms. The maximum atomic E-state index is 5.46. The molecule has 0 saturated carbocycles. The Balaban J connectivity index is 1.50. The Bertz CT molecular complexity index is 533. The van der Waals surface area contributed by atoms with Crippen LogP contribution >= 0.6 is 0 Å².